The fraction of sp³-hybridized carbons (Fsp3) is 0. The van der Waals surface area contributed by atoms with E-state index in [1.807, 2.05) is 36.4 Å². The van der Waals surface area contributed by atoms with Gasteiger partial charge in [-0.25, -0.2) is 0 Å². The second kappa shape index (κ2) is 9.26. The van der Waals surface area contributed by atoms with Crippen molar-refractivity contribution in [1.82, 2.24) is 5.32 Å². The van der Waals surface area contributed by atoms with Crippen molar-refractivity contribution in [2.45, 2.75) is 0 Å². The monoisotopic (exact) mass is 450 g/mol. The van der Waals surface area contributed by atoms with Gasteiger partial charge >= 0.3 is 0 Å². The number of furan rings is 1. The lowest BCUT2D eigenvalue weighted by Gasteiger charge is -2.10. The normalized spacial score (nSPS) is 10.8. The molecule has 0 spiro atoms. The molecule has 1 heterocycles. The second-order valence-corrected chi connectivity index (χ2v) is 7.22. The maximum absolute atomic E-state index is 12.1. The summed E-state index contributed by atoms with van der Waals surface area (Å²) in [5.41, 5.74) is 1.39. The largest absolute Gasteiger partial charge is 0.457 e. The molecule has 0 aliphatic heterocycles. The zero-order valence-electron chi connectivity index (χ0n) is 14.2. The third-order valence-corrected chi connectivity index (χ3v) is 4.82. The summed E-state index contributed by atoms with van der Waals surface area (Å²) in [5, 5.41) is 6.35. The number of nitrogens with one attached hydrogen (secondary N) is 2. The summed E-state index contributed by atoms with van der Waals surface area (Å²) < 4.78 is 5.70. The van der Waals surface area contributed by atoms with E-state index in [0.29, 0.717) is 32.3 Å². The summed E-state index contributed by atoms with van der Waals surface area (Å²) in [7, 11) is 0. The van der Waals surface area contributed by atoms with E-state index in [1.165, 1.54) is 18.2 Å². The third-order valence-electron chi connectivity index (χ3n) is 3.58. The predicted octanol–water partition coefficient (Wildman–Crippen LogP) is 6.43. The van der Waals surface area contributed by atoms with Crippen LogP contribution in [0.1, 0.15) is 5.76 Å². The highest BCUT2D eigenvalue weighted by Gasteiger charge is 2.09. The Kier molecular flexibility index (Phi) is 6.75. The Hall–Kier alpha value is -2.31. The number of hydrogen-bond acceptors (Lipinski definition) is 3. The predicted molar refractivity (Wildman–Crippen MR) is 119 cm³/mol. The molecule has 28 heavy (non-hydrogen) atoms. The molecule has 0 aliphatic carbocycles. The minimum Gasteiger partial charge on any atom is -0.457 e. The number of carbonyl (C=O) groups is 1. The molecular formula is C20H13Cl3N2O2S. The average molecular weight is 452 g/mol. The van der Waals surface area contributed by atoms with Gasteiger partial charge in [-0.3, -0.25) is 10.1 Å². The summed E-state index contributed by atoms with van der Waals surface area (Å²) >= 11 is 23.0. The van der Waals surface area contributed by atoms with Crippen molar-refractivity contribution in [3.63, 3.8) is 0 Å². The van der Waals surface area contributed by atoms with E-state index in [-0.39, 0.29) is 5.11 Å². The fourth-order valence-electron chi connectivity index (χ4n) is 2.28. The molecular weight excluding hydrogens is 439 g/mol. The van der Waals surface area contributed by atoms with Crippen LogP contribution >= 0.6 is 47.0 Å². The van der Waals surface area contributed by atoms with Crippen LogP contribution < -0.4 is 10.6 Å². The van der Waals surface area contributed by atoms with Crippen LogP contribution in [0.4, 0.5) is 5.69 Å². The number of anilines is 1. The average Bonchev–Trinajstić information content (AvgIpc) is 3.14. The highest BCUT2D eigenvalue weighted by molar-refractivity contribution is 7.80. The molecule has 0 aliphatic rings. The molecule has 3 aromatic rings. The van der Waals surface area contributed by atoms with Gasteiger partial charge in [0.15, 0.2) is 5.11 Å². The second-order valence-electron chi connectivity index (χ2n) is 5.59. The molecule has 2 N–H and O–H groups in total. The maximum Gasteiger partial charge on any atom is 0.250 e. The first-order chi connectivity index (χ1) is 13.4. The topological polar surface area (TPSA) is 54.3 Å². The van der Waals surface area contributed by atoms with Crippen molar-refractivity contribution >= 4 is 69.8 Å². The molecule has 0 radical (unpaired) electrons. The first-order valence-corrected chi connectivity index (χ1v) is 9.56. The van der Waals surface area contributed by atoms with Crippen LogP contribution in [0.2, 0.25) is 15.1 Å². The SMILES string of the molecule is O=C(/C=C/c1ccc(-c2ccccc2)o1)NC(=S)Nc1cc(Cl)c(Cl)cc1Cl. The minimum atomic E-state index is -0.425. The first-order valence-electron chi connectivity index (χ1n) is 8.02. The maximum atomic E-state index is 12.1. The number of amides is 1. The number of rotatable bonds is 4. The molecule has 1 amide bonds. The van der Waals surface area contributed by atoms with E-state index >= 15 is 0 Å². The van der Waals surface area contributed by atoms with Crippen LogP contribution in [0.25, 0.3) is 17.4 Å². The lowest BCUT2D eigenvalue weighted by Crippen LogP contribution is -2.32. The van der Waals surface area contributed by atoms with Gasteiger partial charge in [0.2, 0.25) is 5.91 Å². The van der Waals surface area contributed by atoms with Gasteiger partial charge in [-0.1, -0.05) is 65.1 Å². The highest BCUT2D eigenvalue weighted by Crippen LogP contribution is 2.32. The summed E-state index contributed by atoms with van der Waals surface area (Å²) in [6.45, 7) is 0. The number of hydrogen-bond donors (Lipinski definition) is 2. The van der Waals surface area contributed by atoms with Crippen LogP contribution in [0, 0.1) is 0 Å². The molecule has 0 bridgehead atoms. The van der Waals surface area contributed by atoms with Gasteiger partial charge in [0.25, 0.3) is 0 Å². The van der Waals surface area contributed by atoms with Crippen LogP contribution in [-0.4, -0.2) is 11.0 Å². The van der Waals surface area contributed by atoms with Gasteiger partial charge < -0.3 is 9.73 Å². The molecule has 142 valence electrons. The smallest absolute Gasteiger partial charge is 0.250 e. The molecule has 0 unspecified atom stereocenters. The molecule has 8 heteroatoms. The van der Waals surface area contributed by atoms with E-state index in [2.05, 4.69) is 10.6 Å². The Morgan fingerprint density at radius 1 is 0.964 bits per heavy atom. The lowest BCUT2D eigenvalue weighted by molar-refractivity contribution is -0.115. The minimum absolute atomic E-state index is 0.0689. The summed E-state index contributed by atoms with van der Waals surface area (Å²) in [4.78, 5) is 12.1. The fourth-order valence-corrected chi connectivity index (χ4v) is 3.09. The Balaban J connectivity index is 1.59. The molecule has 0 saturated carbocycles. The summed E-state index contributed by atoms with van der Waals surface area (Å²) in [6, 6.07) is 16.3. The van der Waals surface area contributed by atoms with Crippen LogP contribution in [0.5, 0.6) is 0 Å². The molecule has 1 aromatic heterocycles. The van der Waals surface area contributed by atoms with Crippen molar-refractivity contribution in [3.8, 4) is 11.3 Å². The van der Waals surface area contributed by atoms with E-state index < -0.39 is 5.91 Å². The quantitative estimate of drug-likeness (QED) is 0.272. The summed E-state index contributed by atoms with van der Waals surface area (Å²) in [6.07, 6.45) is 2.87. The molecule has 4 nitrogen and oxygen atoms in total. The Morgan fingerprint density at radius 2 is 1.68 bits per heavy atom. The molecule has 0 saturated heterocycles. The highest BCUT2D eigenvalue weighted by atomic mass is 35.5. The standard InChI is InChI=1S/C20H13Cl3N2O2S/c21-14-10-16(23)17(11-15(14)22)24-20(28)25-19(26)9-7-13-6-8-18(27-13)12-4-2-1-3-5-12/h1-11H,(H2,24,25,26,28)/b9-7+. The van der Waals surface area contributed by atoms with E-state index in [9.17, 15) is 4.79 Å². The molecule has 3 rings (SSSR count). The Labute approximate surface area is 182 Å². The van der Waals surface area contributed by atoms with Crippen LogP contribution in [-0.2, 0) is 4.79 Å². The van der Waals surface area contributed by atoms with Crippen molar-refractivity contribution in [3.05, 3.63) is 81.5 Å². The van der Waals surface area contributed by atoms with Crippen molar-refractivity contribution in [1.29, 1.82) is 0 Å². The van der Waals surface area contributed by atoms with Crippen molar-refractivity contribution in [2.75, 3.05) is 5.32 Å². The van der Waals surface area contributed by atoms with Gasteiger partial charge in [0.05, 0.1) is 20.8 Å². The van der Waals surface area contributed by atoms with Gasteiger partial charge in [-0.2, -0.15) is 0 Å². The summed E-state index contributed by atoms with van der Waals surface area (Å²) in [5.74, 6) is 0.832. The molecule has 2 aromatic carbocycles. The Morgan fingerprint density at radius 3 is 2.43 bits per heavy atom. The van der Waals surface area contributed by atoms with Crippen molar-refractivity contribution < 1.29 is 9.21 Å². The van der Waals surface area contributed by atoms with Crippen molar-refractivity contribution in [2.24, 2.45) is 0 Å². The molecule has 0 fully saturated rings. The Bertz CT molecular complexity index is 1050. The van der Waals surface area contributed by atoms with Gasteiger partial charge in [0.1, 0.15) is 11.5 Å². The number of halogens is 3. The molecule has 0 atom stereocenters. The lowest BCUT2D eigenvalue weighted by atomic mass is 10.2. The number of benzene rings is 2. The van der Waals surface area contributed by atoms with E-state index in [0.717, 1.165) is 5.56 Å². The number of thiocarbonyl (C=S) groups is 1. The number of carbonyl (C=O) groups excluding carboxylic acids is 1. The van der Waals surface area contributed by atoms with Gasteiger partial charge in [-0.15, -0.1) is 0 Å². The van der Waals surface area contributed by atoms with E-state index in [1.54, 1.807) is 12.1 Å². The van der Waals surface area contributed by atoms with Crippen LogP contribution in [0.3, 0.4) is 0 Å². The van der Waals surface area contributed by atoms with Gasteiger partial charge in [-0.05, 0) is 42.6 Å². The van der Waals surface area contributed by atoms with Gasteiger partial charge in [0, 0.05) is 11.6 Å². The zero-order chi connectivity index (χ0) is 20.1. The van der Waals surface area contributed by atoms with E-state index in [4.69, 9.17) is 51.4 Å². The zero-order valence-corrected chi connectivity index (χ0v) is 17.3. The third kappa shape index (κ3) is 5.36. The first kappa shape index (κ1) is 20.4. The van der Waals surface area contributed by atoms with Crippen LogP contribution in [0.15, 0.2) is 65.1 Å².